The van der Waals surface area contributed by atoms with Gasteiger partial charge in [0.15, 0.2) is 0 Å². The number of anilines is 1. The van der Waals surface area contributed by atoms with E-state index in [2.05, 4.69) is 5.32 Å². The molecule has 9 heteroatoms. The fourth-order valence-corrected chi connectivity index (χ4v) is 4.29. The number of hydrogen-bond donors (Lipinski definition) is 2. The second-order valence-corrected chi connectivity index (χ2v) is 8.17. The molecular formula is C24H22F2N2O4S. The Balaban J connectivity index is 1.91. The van der Waals surface area contributed by atoms with Crippen molar-refractivity contribution in [2.45, 2.75) is 22.8 Å². The number of carbonyl (C=O) groups is 2. The fraction of sp³-hybridized carbons (Fsp3) is 0.167. The number of rotatable bonds is 8. The van der Waals surface area contributed by atoms with Crippen molar-refractivity contribution in [3.63, 3.8) is 0 Å². The zero-order chi connectivity index (χ0) is 23.8. The van der Waals surface area contributed by atoms with Gasteiger partial charge in [-0.25, -0.2) is 18.4 Å². The van der Waals surface area contributed by atoms with Gasteiger partial charge in [0.05, 0.1) is 12.4 Å². The van der Waals surface area contributed by atoms with Crippen LogP contribution in [0.3, 0.4) is 0 Å². The van der Waals surface area contributed by atoms with Gasteiger partial charge in [0, 0.05) is 16.6 Å². The second kappa shape index (κ2) is 11.3. The number of carbonyl (C=O) groups excluding carboxylic acids is 2. The fourth-order valence-electron chi connectivity index (χ4n) is 3.07. The summed E-state index contributed by atoms with van der Waals surface area (Å²) in [7, 11) is 1.15. The lowest BCUT2D eigenvalue weighted by molar-refractivity contribution is -0.143. The van der Waals surface area contributed by atoms with E-state index in [9.17, 15) is 18.4 Å². The van der Waals surface area contributed by atoms with Crippen molar-refractivity contribution >= 4 is 29.5 Å². The highest BCUT2D eigenvalue weighted by Crippen LogP contribution is 2.41. The Labute approximate surface area is 194 Å². The molecule has 2 atom stereocenters. The van der Waals surface area contributed by atoms with Crippen LogP contribution in [0.15, 0.2) is 77.7 Å². The number of alkyl carbamates (subject to hydrolysis) is 1. The summed E-state index contributed by atoms with van der Waals surface area (Å²) in [5.41, 5.74) is 7.31. The predicted molar refractivity (Wildman–Crippen MR) is 121 cm³/mol. The predicted octanol–water partition coefficient (Wildman–Crippen LogP) is 4.85. The summed E-state index contributed by atoms with van der Waals surface area (Å²) in [4.78, 5) is 25.7. The average Bonchev–Trinajstić information content (AvgIpc) is 2.80. The molecule has 0 spiro atoms. The number of amides is 1. The van der Waals surface area contributed by atoms with Gasteiger partial charge in [-0.3, -0.25) is 0 Å². The summed E-state index contributed by atoms with van der Waals surface area (Å²) >= 11 is 1.06. The summed E-state index contributed by atoms with van der Waals surface area (Å²) in [5.74, 6) is -2.47. The third-order valence-corrected chi connectivity index (χ3v) is 6.05. The van der Waals surface area contributed by atoms with Crippen molar-refractivity contribution in [3.05, 3.63) is 95.6 Å². The number of halogens is 2. The highest BCUT2D eigenvalue weighted by molar-refractivity contribution is 7.99. The molecule has 33 heavy (non-hydrogen) atoms. The number of thioether (sulfide) groups is 1. The van der Waals surface area contributed by atoms with Gasteiger partial charge in [-0.2, -0.15) is 0 Å². The van der Waals surface area contributed by atoms with Crippen molar-refractivity contribution in [3.8, 4) is 0 Å². The van der Waals surface area contributed by atoms with Gasteiger partial charge in [-0.1, -0.05) is 42.5 Å². The number of nitrogens with two attached hydrogens (primary N) is 1. The second-order valence-electron chi connectivity index (χ2n) is 6.99. The van der Waals surface area contributed by atoms with Crippen LogP contribution in [-0.4, -0.2) is 25.2 Å². The van der Waals surface area contributed by atoms with Crippen molar-refractivity contribution in [2.24, 2.45) is 0 Å². The zero-order valence-electron chi connectivity index (χ0n) is 17.7. The van der Waals surface area contributed by atoms with E-state index in [-0.39, 0.29) is 12.2 Å². The molecule has 0 aliphatic heterocycles. The lowest BCUT2D eigenvalue weighted by Gasteiger charge is -2.26. The van der Waals surface area contributed by atoms with E-state index >= 15 is 0 Å². The molecule has 0 aliphatic rings. The van der Waals surface area contributed by atoms with Crippen LogP contribution in [0.5, 0.6) is 0 Å². The van der Waals surface area contributed by atoms with E-state index in [0.29, 0.717) is 10.6 Å². The molecule has 0 heterocycles. The zero-order valence-corrected chi connectivity index (χ0v) is 18.5. The first-order valence-electron chi connectivity index (χ1n) is 9.89. The Bertz CT molecular complexity index is 1090. The number of methoxy groups -OCH3 is 1. The number of para-hydroxylation sites is 1. The third-order valence-electron chi connectivity index (χ3n) is 4.63. The van der Waals surface area contributed by atoms with Crippen LogP contribution in [0, 0.1) is 11.6 Å². The maximum Gasteiger partial charge on any atom is 0.408 e. The molecular weight excluding hydrogens is 450 g/mol. The largest absolute Gasteiger partial charge is 0.467 e. The van der Waals surface area contributed by atoms with E-state index < -0.39 is 35.0 Å². The molecule has 0 fully saturated rings. The molecule has 1 amide bonds. The molecule has 2 unspecified atom stereocenters. The minimum atomic E-state index is -1.33. The van der Waals surface area contributed by atoms with Gasteiger partial charge >= 0.3 is 12.1 Å². The monoisotopic (exact) mass is 472 g/mol. The van der Waals surface area contributed by atoms with E-state index in [1.165, 1.54) is 0 Å². The number of nitrogens with one attached hydrogen (secondary N) is 1. The maximum absolute atomic E-state index is 14.0. The minimum absolute atomic E-state index is 0.0292. The molecule has 0 saturated heterocycles. The Morgan fingerprint density at radius 3 is 2.27 bits per heavy atom. The summed E-state index contributed by atoms with van der Waals surface area (Å²) < 4.78 is 38.1. The molecule has 3 rings (SSSR count). The Morgan fingerprint density at radius 2 is 1.64 bits per heavy atom. The number of nitrogen functional groups attached to an aromatic ring is 1. The number of esters is 1. The molecule has 172 valence electrons. The van der Waals surface area contributed by atoms with E-state index in [0.717, 1.165) is 42.6 Å². The standard InChI is InChI=1S/C24H22F2N2O4S/c1-31-23(29)21(28-24(30)32-14-15-7-3-2-4-8-15)22(16-11-17(25)13-18(26)12-16)33-20-10-6-5-9-19(20)27/h2-13,21-22H,14,27H2,1H3,(H,28,30). The first-order valence-corrected chi connectivity index (χ1v) is 10.8. The molecule has 3 aromatic carbocycles. The van der Waals surface area contributed by atoms with Crippen LogP contribution in [0.4, 0.5) is 19.3 Å². The SMILES string of the molecule is COC(=O)C(NC(=O)OCc1ccccc1)C(Sc1ccccc1N)c1cc(F)cc(F)c1. The quantitative estimate of drug-likeness (QED) is 0.277. The van der Waals surface area contributed by atoms with Gasteiger partial charge in [0.2, 0.25) is 0 Å². The number of hydrogen-bond acceptors (Lipinski definition) is 6. The topological polar surface area (TPSA) is 90.6 Å². The van der Waals surface area contributed by atoms with E-state index in [4.69, 9.17) is 15.2 Å². The number of ether oxygens (including phenoxy) is 2. The van der Waals surface area contributed by atoms with Crippen molar-refractivity contribution in [1.29, 1.82) is 0 Å². The molecule has 0 saturated carbocycles. The lowest BCUT2D eigenvalue weighted by Crippen LogP contribution is -2.45. The van der Waals surface area contributed by atoms with Crippen LogP contribution >= 0.6 is 11.8 Å². The van der Waals surface area contributed by atoms with Crippen LogP contribution in [0.1, 0.15) is 16.4 Å². The van der Waals surface area contributed by atoms with Gasteiger partial charge in [0.25, 0.3) is 0 Å². The molecule has 3 aromatic rings. The van der Waals surface area contributed by atoms with E-state index in [1.807, 2.05) is 6.07 Å². The van der Waals surface area contributed by atoms with Crippen LogP contribution in [0.25, 0.3) is 0 Å². The minimum Gasteiger partial charge on any atom is -0.467 e. The van der Waals surface area contributed by atoms with Crippen LogP contribution in [0.2, 0.25) is 0 Å². The van der Waals surface area contributed by atoms with Gasteiger partial charge < -0.3 is 20.5 Å². The Hall–Kier alpha value is -3.59. The summed E-state index contributed by atoms with van der Waals surface area (Å²) in [5, 5.41) is 1.50. The van der Waals surface area contributed by atoms with E-state index in [1.54, 1.807) is 48.5 Å². The normalized spacial score (nSPS) is 12.5. The summed E-state index contributed by atoms with van der Waals surface area (Å²) in [6, 6.07) is 17.3. The van der Waals surface area contributed by atoms with Crippen molar-refractivity contribution in [1.82, 2.24) is 5.32 Å². The highest BCUT2D eigenvalue weighted by atomic mass is 32.2. The van der Waals surface area contributed by atoms with Crippen molar-refractivity contribution in [2.75, 3.05) is 12.8 Å². The number of benzene rings is 3. The molecule has 0 aliphatic carbocycles. The summed E-state index contributed by atoms with van der Waals surface area (Å²) in [6.45, 7) is -0.0292. The highest BCUT2D eigenvalue weighted by Gasteiger charge is 2.34. The van der Waals surface area contributed by atoms with Gasteiger partial charge in [-0.05, 0) is 35.4 Å². The first-order chi connectivity index (χ1) is 15.9. The molecule has 6 nitrogen and oxygen atoms in total. The van der Waals surface area contributed by atoms with Gasteiger partial charge in [-0.15, -0.1) is 11.8 Å². The van der Waals surface area contributed by atoms with Crippen LogP contribution in [-0.2, 0) is 20.9 Å². The van der Waals surface area contributed by atoms with Crippen molar-refractivity contribution < 1.29 is 27.8 Å². The third kappa shape index (κ3) is 6.69. The lowest BCUT2D eigenvalue weighted by atomic mass is 10.0. The molecule has 0 bridgehead atoms. The van der Waals surface area contributed by atoms with Gasteiger partial charge in [0.1, 0.15) is 24.3 Å². The summed E-state index contributed by atoms with van der Waals surface area (Å²) in [6.07, 6.45) is -0.891. The first kappa shape index (κ1) is 24.1. The Kier molecular flexibility index (Phi) is 8.26. The maximum atomic E-state index is 14.0. The molecule has 0 radical (unpaired) electrons. The molecule has 3 N–H and O–H groups in total. The van der Waals surface area contributed by atoms with Crippen LogP contribution < -0.4 is 11.1 Å². The Morgan fingerprint density at radius 1 is 1.00 bits per heavy atom. The molecule has 0 aromatic heterocycles. The average molecular weight is 473 g/mol. The smallest absolute Gasteiger partial charge is 0.408 e.